The lowest BCUT2D eigenvalue weighted by Crippen LogP contribution is -2.13. The number of aromatic amines is 1. The number of fused-ring (bicyclic) bond motifs is 1. The van der Waals surface area contributed by atoms with Crippen molar-refractivity contribution in [3.8, 4) is 5.75 Å². The highest BCUT2D eigenvalue weighted by Gasteiger charge is 2.02. The fourth-order valence-corrected chi connectivity index (χ4v) is 3.09. The SMILES string of the molecule is Cc1cccc(COc2ccc(CNCc3nc4ccccc4[nH]3)cc2)c1. The van der Waals surface area contributed by atoms with Gasteiger partial charge in [-0.05, 0) is 42.3 Å². The Morgan fingerprint density at radius 2 is 1.74 bits per heavy atom. The average Bonchev–Trinajstić information content (AvgIpc) is 3.10. The van der Waals surface area contributed by atoms with Crippen molar-refractivity contribution in [3.63, 3.8) is 0 Å². The van der Waals surface area contributed by atoms with E-state index in [1.54, 1.807) is 0 Å². The molecular weight excluding hydrogens is 334 g/mol. The van der Waals surface area contributed by atoms with Gasteiger partial charge < -0.3 is 15.0 Å². The van der Waals surface area contributed by atoms with Gasteiger partial charge in [-0.15, -0.1) is 0 Å². The quantitative estimate of drug-likeness (QED) is 0.502. The molecule has 1 aromatic heterocycles. The van der Waals surface area contributed by atoms with Gasteiger partial charge in [0.2, 0.25) is 0 Å². The molecule has 136 valence electrons. The summed E-state index contributed by atoms with van der Waals surface area (Å²) in [6.07, 6.45) is 0. The van der Waals surface area contributed by atoms with E-state index < -0.39 is 0 Å². The molecule has 4 rings (SSSR count). The summed E-state index contributed by atoms with van der Waals surface area (Å²) in [6, 6.07) is 24.7. The van der Waals surface area contributed by atoms with Crippen LogP contribution in [-0.4, -0.2) is 9.97 Å². The van der Waals surface area contributed by atoms with E-state index in [1.165, 1.54) is 16.7 Å². The summed E-state index contributed by atoms with van der Waals surface area (Å²) in [4.78, 5) is 7.91. The molecule has 2 N–H and O–H groups in total. The first kappa shape index (κ1) is 17.3. The van der Waals surface area contributed by atoms with Gasteiger partial charge in [-0.2, -0.15) is 0 Å². The molecule has 0 saturated carbocycles. The van der Waals surface area contributed by atoms with Gasteiger partial charge in [0.05, 0.1) is 17.6 Å². The molecule has 4 heteroatoms. The Labute approximate surface area is 159 Å². The molecule has 3 aromatic carbocycles. The minimum atomic E-state index is 0.589. The first-order valence-corrected chi connectivity index (χ1v) is 9.18. The van der Waals surface area contributed by atoms with Gasteiger partial charge in [0.25, 0.3) is 0 Å². The maximum atomic E-state index is 5.87. The first-order valence-electron chi connectivity index (χ1n) is 9.18. The number of rotatable bonds is 7. The number of imidazole rings is 1. The fraction of sp³-hybridized carbons (Fsp3) is 0.174. The summed E-state index contributed by atoms with van der Waals surface area (Å²) in [7, 11) is 0. The number of nitrogens with zero attached hydrogens (tertiary/aromatic N) is 1. The van der Waals surface area contributed by atoms with Gasteiger partial charge in [0, 0.05) is 6.54 Å². The molecule has 0 spiro atoms. The molecule has 0 saturated heterocycles. The van der Waals surface area contributed by atoms with Crippen LogP contribution in [-0.2, 0) is 19.7 Å². The summed E-state index contributed by atoms with van der Waals surface area (Å²) in [5.41, 5.74) is 5.73. The normalized spacial score (nSPS) is 11.0. The van der Waals surface area contributed by atoms with Crippen LogP contribution >= 0.6 is 0 Å². The Morgan fingerprint density at radius 3 is 2.56 bits per heavy atom. The molecular formula is C23H23N3O. The molecule has 4 nitrogen and oxygen atoms in total. The Bertz CT molecular complexity index is 988. The number of aromatic nitrogens is 2. The van der Waals surface area contributed by atoms with E-state index in [4.69, 9.17) is 4.74 Å². The third-order valence-corrected chi connectivity index (χ3v) is 4.47. The Balaban J connectivity index is 1.27. The zero-order chi connectivity index (χ0) is 18.5. The lowest BCUT2D eigenvalue weighted by atomic mass is 10.1. The number of ether oxygens (including phenoxy) is 1. The predicted octanol–water partition coefficient (Wildman–Crippen LogP) is 4.74. The van der Waals surface area contributed by atoms with Crippen molar-refractivity contribution < 1.29 is 4.74 Å². The highest BCUT2D eigenvalue weighted by molar-refractivity contribution is 5.74. The number of benzene rings is 3. The van der Waals surface area contributed by atoms with E-state index in [9.17, 15) is 0 Å². The van der Waals surface area contributed by atoms with Crippen molar-refractivity contribution in [2.24, 2.45) is 0 Å². The number of nitrogens with one attached hydrogen (secondary N) is 2. The number of hydrogen-bond acceptors (Lipinski definition) is 3. The van der Waals surface area contributed by atoms with Gasteiger partial charge in [-0.25, -0.2) is 4.98 Å². The molecule has 0 bridgehead atoms. The van der Waals surface area contributed by atoms with Gasteiger partial charge in [0.15, 0.2) is 0 Å². The van der Waals surface area contributed by atoms with Crippen molar-refractivity contribution in [2.45, 2.75) is 26.6 Å². The van der Waals surface area contributed by atoms with E-state index in [-0.39, 0.29) is 0 Å². The average molecular weight is 357 g/mol. The molecule has 0 radical (unpaired) electrons. The van der Waals surface area contributed by atoms with Crippen molar-refractivity contribution in [3.05, 3.63) is 95.3 Å². The maximum absolute atomic E-state index is 5.87. The van der Waals surface area contributed by atoms with Gasteiger partial charge in [0.1, 0.15) is 18.2 Å². The molecule has 0 atom stereocenters. The highest BCUT2D eigenvalue weighted by atomic mass is 16.5. The summed E-state index contributed by atoms with van der Waals surface area (Å²) < 4.78 is 5.87. The zero-order valence-electron chi connectivity index (χ0n) is 15.4. The maximum Gasteiger partial charge on any atom is 0.121 e. The summed E-state index contributed by atoms with van der Waals surface area (Å²) >= 11 is 0. The van der Waals surface area contributed by atoms with E-state index in [1.807, 2.05) is 36.4 Å². The van der Waals surface area contributed by atoms with Crippen LogP contribution in [0.25, 0.3) is 11.0 Å². The third-order valence-electron chi connectivity index (χ3n) is 4.47. The largest absolute Gasteiger partial charge is 0.489 e. The van der Waals surface area contributed by atoms with Crippen LogP contribution in [0.5, 0.6) is 5.75 Å². The molecule has 0 aliphatic heterocycles. The van der Waals surface area contributed by atoms with Crippen LogP contribution < -0.4 is 10.1 Å². The van der Waals surface area contributed by atoms with E-state index in [0.717, 1.165) is 29.2 Å². The van der Waals surface area contributed by atoms with Gasteiger partial charge in [-0.3, -0.25) is 0 Å². The fourth-order valence-electron chi connectivity index (χ4n) is 3.09. The number of H-pyrrole nitrogens is 1. The highest BCUT2D eigenvalue weighted by Crippen LogP contribution is 2.15. The van der Waals surface area contributed by atoms with Gasteiger partial charge >= 0.3 is 0 Å². The minimum absolute atomic E-state index is 0.589. The molecule has 0 aliphatic rings. The minimum Gasteiger partial charge on any atom is -0.489 e. The molecule has 0 amide bonds. The third kappa shape index (κ3) is 4.54. The molecule has 0 unspecified atom stereocenters. The summed E-state index contributed by atoms with van der Waals surface area (Å²) in [5, 5.41) is 3.43. The van der Waals surface area contributed by atoms with Crippen molar-refractivity contribution in [1.82, 2.24) is 15.3 Å². The van der Waals surface area contributed by atoms with Crippen LogP contribution in [0.2, 0.25) is 0 Å². The molecule has 1 heterocycles. The van der Waals surface area contributed by atoms with Crippen LogP contribution in [0.3, 0.4) is 0 Å². The number of para-hydroxylation sites is 2. The van der Waals surface area contributed by atoms with Crippen molar-refractivity contribution >= 4 is 11.0 Å². The Hall–Kier alpha value is -3.11. The summed E-state index contributed by atoms with van der Waals surface area (Å²) in [5.74, 6) is 1.84. The van der Waals surface area contributed by atoms with Crippen molar-refractivity contribution in [2.75, 3.05) is 0 Å². The standard InChI is InChI=1S/C23H23N3O/c1-17-5-4-6-19(13-17)16-27-20-11-9-18(10-12-20)14-24-15-23-25-21-7-2-3-8-22(21)26-23/h2-13,24H,14-16H2,1H3,(H,25,26). The zero-order valence-corrected chi connectivity index (χ0v) is 15.4. The van der Waals surface area contributed by atoms with E-state index in [2.05, 4.69) is 58.6 Å². The van der Waals surface area contributed by atoms with Crippen molar-refractivity contribution in [1.29, 1.82) is 0 Å². The second-order valence-corrected chi connectivity index (χ2v) is 6.73. The Morgan fingerprint density at radius 1 is 0.889 bits per heavy atom. The van der Waals surface area contributed by atoms with Crippen LogP contribution in [0.4, 0.5) is 0 Å². The van der Waals surface area contributed by atoms with Crippen LogP contribution in [0.15, 0.2) is 72.8 Å². The number of hydrogen-bond donors (Lipinski definition) is 2. The number of aryl methyl sites for hydroxylation is 1. The molecule has 27 heavy (non-hydrogen) atoms. The molecule has 0 fully saturated rings. The second-order valence-electron chi connectivity index (χ2n) is 6.73. The topological polar surface area (TPSA) is 49.9 Å². The molecule has 4 aromatic rings. The van der Waals surface area contributed by atoms with E-state index in [0.29, 0.717) is 13.2 Å². The lowest BCUT2D eigenvalue weighted by Gasteiger charge is -2.08. The van der Waals surface area contributed by atoms with Crippen LogP contribution in [0, 0.1) is 6.92 Å². The van der Waals surface area contributed by atoms with E-state index >= 15 is 0 Å². The van der Waals surface area contributed by atoms with Gasteiger partial charge in [-0.1, -0.05) is 54.1 Å². The second kappa shape index (κ2) is 8.06. The molecule has 0 aliphatic carbocycles. The lowest BCUT2D eigenvalue weighted by molar-refractivity contribution is 0.306. The van der Waals surface area contributed by atoms with Crippen LogP contribution in [0.1, 0.15) is 22.5 Å². The first-order chi connectivity index (χ1) is 13.3. The predicted molar refractivity (Wildman–Crippen MR) is 109 cm³/mol. The Kier molecular flexibility index (Phi) is 5.17. The monoisotopic (exact) mass is 357 g/mol. The smallest absolute Gasteiger partial charge is 0.121 e. The summed E-state index contributed by atoms with van der Waals surface area (Å²) in [6.45, 7) is 4.18.